The fraction of sp³-hybridized carbons (Fsp3) is 0.579. The predicted octanol–water partition coefficient (Wildman–Crippen LogP) is 3.16. The van der Waals surface area contributed by atoms with E-state index in [1.165, 1.54) is 0 Å². The summed E-state index contributed by atoms with van der Waals surface area (Å²) in [5.41, 5.74) is 0.436. The van der Waals surface area contributed by atoms with Gasteiger partial charge in [-0.3, -0.25) is 10.1 Å². The van der Waals surface area contributed by atoms with Gasteiger partial charge in [-0.05, 0) is 52.8 Å². The number of amides is 2. The highest BCUT2D eigenvalue weighted by Crippen LogP contribution is 2.35. The van der Waals surface area contributed by atoms with E-state index in [-0.39, 0.29) is 19.1 Å². The zero-order chi connectivity index (χ0) is 20.0. The van der Waals surface area contributed by atoms with E-state index in [1.807, 2.05) is 13.8 Å². The molecule has 1 N–H and O–H groups in total. The molecule has 8 nitrogen and oxygen atoms in total. The molecule has 1 heterocycles. The zero-order valence-corrected chi connectivity index (χ0v) is 16.5. The second-order valence-electron chi connectivity index (χ2n) is 6.94. The molecule has 0 aromatic heterocycles. The molecule has 0 saturated heterocycles. The van der Waals surface area contributed by atoms with Crippen molar-refractivity contribution in [3.05, 3.63) is 18.2 Å². The van der Waals surface area contributed by atoms with Crippen molar-refractivity contribution >= 4 is 23.4 Å². The number of hydrogen-bond donors (Lipinski definition) is 1. The minimum atomic E-state index is -0.606. The summed E-state index contributed by atoms with van der Waals surface area (Å²) in [5, 5.41) is 2.67. The Hall–Kier alpha value is -2.32. The maximum absolute atomic E-state index is 12.4. The number of carbonyl (C=O) groups excluding carboxylic acids is 2. The van der Waals surface area contributed by atoms with Crippen molar-refractivity contribution in [1.29, 1.82) is 0 Å². The molecule has 0 fully saturated rings. The molecular formula is C19H28N2O6. The molecule has 1 aromatic rings. The van der Waals surface area contributed by atoms with Crippen LogP contribution >= 0.6 is 0 Å². The van der Waals surface area contributed by atoms with E-state index in [1.54, 1.807) is 43.9 Å². The Morgan fingerprint density at radius 2 is 1.93 bits per heavy atom. The smallest absolute Gasteiger partial charge is 0.412 e. The highest BCUT2D eigenvalue weighted by Gasteiger charge is 2.29. The highest BCUT2D eigenvalue weighted by atomic mass is 16.7. The maximum atomic E-state index is 12.4. The summed E-state index contributed by atoms with van der Waals surface area (Å²) in [6.45, 7) is 10.2. The number of anilines is 2. The summed E-state index contributed by atoms with van der Waals surface area (Å²) in [4.78, 5) is 26.0. The molecule has 1 aromatic carbocycles. The standard InChI is InChI=1S/C19H28N2O6/c1-6-24-17(25-7-2)11-21-14-10-13(20-18(23)27-19(3,4)5)8-9-15(14)26-12-16(21)22/h8-10,17H,6-7,11-12H2,1-5H3,(H,20,23). The van der Waals surface area contributed by atoms with Crippen LogP contribution in [0.2, 0.25) is 0 Å². The lowest BCUT2D eigenvalue weighted by molar-refractivity contribution is -0.137. The Morgan fingerprint density at radius 3 is 2.52 bits per heavy atom. The minimum Gasteiger partial charge on any atom is -0.482 e. The summed E-state index contributed by atoms with van der Waals surface area (Å²) >= 11 is 0. The zero-order valence-electron chi connectivity index (χ0n) is 16.5. The van der Waals surface area contributed by atoms with Crippen LogP contribution in [0, 0.1) is 0 Å². The summed E-state index contributed by atoms with van der Waals surface area (Å²) in [6.07, 6.45) is -1.11. The molecule has 150 valence electrons. The van der Waals surface area contributed by atoms with Crippen LogP contribution in [0.5, 0.6) is 5.75 Å². The number of hydrogen-bond acceptors (Lipinski definition) is 6. The molecule has 0 radical (unpaired) electrons. The van der Waals surface area contributed by atoms with E-state index in [0.29, 0.717) is 30.3 Å². The second kappa shape index (κ2) is 9.05. The molecule has 2 rings (SSSR count). The molecule has 8 heteroatoms. The van der Waals surface area contributed by atoms with Crippen molar-refractivity contribution in [2.24, 2.45) is 0 Å². The molecule has 0 spiro atoms. The van der Waals surface area contributed by atoms with Gasteiger partial charge in [0.25, 0.3) is 5.91 Å². The molecule has 1 aliphatic rings. The largest absolute Gasteiger partial charge is 0.482 e. The van der Waals surface area contributed by atoms with Gasteiger partial charge < -0.3 is 23.8 Å². The lowest BCUT2D eigenvalue weighted by atomic mass is 10.2. The van der Waals surface area contributed by atoms with Crippen LogP contribution in [0.4, 0.5) is 16.2 Å². The number of carbonyl (C=O) groups is 2. The SMILES string of the molecule is CCOC(CN1C(=O)COc2ccc(NC(=O)OC(C)(C)C)cc21)OCC. The minimum absolute atomic E-state index is 0.0587. The summed E-state index contributed by atoms with van der Waals surface area (Å²) in [5.74, 6) is 0.345. The van der Waals surface area contributed by atoms with E-state index in [2.05, 4.69) is 5.32 Å². The van der Waals surface area contributed by atoms with Crippen LogP contribution in [-0.4, -0.2) is 50.3 Å². The van der Waals surface area contributed by atoms with E-state index in [9.17, 15) is 9.59 Å². The van der Waals surface area contributed by atoms with Crippen molar-refractivity contribution < 1.29 is 28.5 Å². The number of nitrogens with one attached hydrogen (secondary N) is 1. The van der Waals surface area contributed by atoms with Crippen molar-refractivity contribution in [3.8, 4) is 5.75 Å². The molecule has 1 aliphatic heterocycles. The number of nitrogens with zero attached hydrogens (tertiary/aromatic N) is 1. The van der Waals surface area contributed by atoms with Gasteiger partial charge in [0, 0.05) is 18.9 Å². The fourth-order valence-corrected chi connectivity index (χ4v) is 2.58. The third-order valence-electron chi connectivity index (χ3n) is 3.58. The monoisotopic (exact) mass is 380 g/mol. The molecule has 27 heavy (non-hydrogen) atoms. The second-order valence-corrected chi connectivity index (χ2v) is 6.94. The van der Waals surface area contributed by atoms with E-state index in [4.69, 9.17) is 18.9 Å². The number of benzene rings is 1. The first kappa shape index (κ1) is 21.0. The Balaban J connectivity index is 2.20. The van der Waals surface area contributed by atoms with Crippen molar-refractivity contribution in [1.82, 2.24) is 0 Å². The molecule has 0 unspecified atom stereocenters. The van der Waals surface area contributed by atoms with Gasteiger partial charge in [-0.15, -0.1) is 0 Å². The predicted molar refractivity (Wildman–Crippen MR) is 101 cm³/mol. The first-order chi connectivity index (χ1) is 12.7. The average Bonchev–Trinajstić information content (AvgIpc) is 2.56. The molecule has 0 bridgehead atoms. The molecular weight excluding hydrogens is 352 g/mol. The fourth-order valence-electron chi connectivity index (χ4n) is 2.58. The Morgan fingerprint density at radius 1 is 1.26 bits per heavy atom. The average molecular weight is 380 g/mol. The van der Waals surface area contributed by atoms with Gasteiger partial charge in [0.2, 0.25) is 0 Å². The quantitative estimate of drug-likeness (QED) is 0.731. The summed E-state index contributed by atoms with van der Waals surface area (Å²) in [6, 6.07) is 5.07. The van der Waals surface area contributed by atoms with Crippen LogP contribution in [0.15, 0.2) is 18.2 Å². The third kappa shape index (κ3) is 6.11. The Kier molecular flexibility index (Phi) is 7.04. The Bertz CT molecular complexity index is 665. The van der Waals surface area contributed by atoms with Crippen LogP contribution in [0.3, 0.4) is 0 Å². The summed E-state index contributed by atoms with van der Waals surface area (Å²) in [7, 11) is 0. The molecule has 0 atom stereocenters. The lowest BCUT2D eigenvalue weighted by Crippen LogP contribution is -2.44. The molecule has 0 aliphatic carbocycles. The highest BCUT2D eigenvalue weighted by molar-refractivity contribution is 5.99. The van der Waals surface area contributed by atoms with Crippen LogP contribution in [0.25, 0.3) is 0 Å². The summed E-state index contributed by atoms with van der Waals surface area (Å²) < 4.78 is 21.9. The van der Waals surface area contributed by atoms with Crippen LogP contribution in [-0.2, 0) is 19.0 Å². The van der Waals surface area contributed by atoms with Crippen molar-refractivity contribution in [2.45, 2.75) is 46.5 Å². The maximum Gasteiger partial charge on any atom is 0.412 e. The van der Waals surface area contributed by atoms with Gasteiger partial charge in [-0.2, -0.15) is 0 Å². The van der Waals surface area contributed by atoms with Gasteiger partial charge in [-0.25, -0.2) is 4.79 Å². The first-order valence-corrected chi connectivity index (χ1v) is 9.04. The van der Waals surface area contributed by atoms with E-state index in [0.717, 1.165) is 0 Å². The van der Waals surface area contributed by atoms with E-state index >= 15 is 0 Å². The first-order valence-electron chi connectivity index (χ1n) is 9.04. The number of ether oxygens (including phenoxy) is 4. The van der Waals surface area contributed by atoms with E-state index < -0.39 is 18.0 Å². The van der Waals surface area contributed by atoms with Gasteiger partial charge >= 0.3 is 6.09 Å². The van der Waals surface area contributed by atoms with Crippen LogP contribution in [0.1, 0.15) is 34.6 Å². The van der Waals surface area contributed by atoms with Crippen molar-refractivity contribution in [3.63, 3.8) is 0 Å². The Labute approximate surface area is 159 Å². The molecule has 0 saturated carbocycles. The van der Waals surface area contributed by atoms with Crippen LogP contribution < -0.4 is 15.0 Å². The topological polar surface area (TPSA) is 86.3 Å². The molecule has 2 amide bonds. The van der Waals surface area contributed by atoms with Gasteiger partial charge in [0.1, 0.15) is 11.4 Å². The third-order valence-corrected chi connectivity index (χ3v) is 3.58. The van der Waals surface area contributed by atoms with Crippen molar-refractivity contribution in [2.75, 3.05) is 36.6 Å². The van der Waals surface area contributed by atoms with Gasteiger partial charge in [0.15, 0.2) is 12.9 Å². The number of rotatable bonds is 7. The van der Waals surface area contributed by atoms with Gasteiger partial charge in [0.05, 0.1) is 12.2 Å². The normalized spacial score (nSPS) is 14.0. The lowest BCUT2D eigenvalue weighted by Gasteiger charge is -2.32. The van der Waals surface area contributed by atoms with Gasteiger partial charge in [-0.1, -0.05) is 0 Å². The number of fused-ring (bicyclic) bond motifs is 1.